The van der Waals surface area contributed by atoms with Crippen LogP contribution in [0.25, 0.3) is 0 Å². The van der Waals surface area contributed by atoms with Crippen molar-refractivity contribution >= 4 is 0 Å². The maximum atomic E-state index is 3.48. The Bertz CT molecular complexity index is 198. The molecule has 1 rings (SSSR count). The highest BCUT2D eigenvalue weighted by Crippen LogP contribution is 2.12. The third-order valence-corrected chi connectivity index (χ3v) is 4.76. The summed E-state index contributed by atoms with van der Waals surface area (Å²) in [6, 6.07) is 0. The summed E-state index contributed by atoms with van der Waals surface area (Å²) in [5.74, 6) is 0. The van der Waals surface area contributed by atoms with Crippen molar-refractivity contribution in [3.05, 3.63) is 0 Å². The van der Waals surface area contributed by atoms with Crippen LogP contribution in [0.5, 0.6) is 0 Å². The molecule has 1 saturated heterocycles. The molecule has 1 aliphatic rings. The van der Waals surface area contributed by atoms with Gasteiger partial charge < -0.3 is 10.2 Å². The molecule has 21 heavy (non-hydrogen) atoms. The number of nitrogens with one attached hydrogen (secondary N) is 1. The van der Waals surface area contributed by atoms with Crippen molar-refractivity contribution in [2.24, 2.45) is 0 Å². The number of hydrogen-bond acceptors (Lipinski definition) is 2. The van der Waals surface area contributed by atoms with Crippen molar-refractivity contribution in [1.82, 2.24) is 10.2 Å². The lowest BCUT2D eigenvalue weighted by molar-refractivity contribution is 0.284. The summed E-state index contributed by atoms with van der Waals surface area (Å²) < 4.78 is 0. The Kier molecular flexibility index (Phi) is 13.4. The Morgan fingerprint density at radius 2 is 1.24 bits per heavy atom. The van der Waals surface area contributed by atoms with Gasteiger partial charge in [0.25, 0.3) is 0 Å². The Morgan fingerprint density at radius 1 is 0.667 bits per heavy atom. The van der Waals surface area contributed by atoms with Crippen LogP contribution in [0.1, 0.15) is 90.4 Å². The van der Waals surface area contributed by atoms with Crippen LogP contribution in [0.3, 0.4) is 0 Å². The van der Waals surface area contributed by atoms with Gasteiger partial charge in [-0.1, -0.05) is 77.6 Å². The molecule has 0 amide bonds. The SMILES string of the molecule is CCCCCCCCCCCCCCN1CCCNCC1. The lowest BCUT2D eigenvalue weighted by atomic mass is 10.1. The van der Waals surface area contributed by atoms with Gasteiger partial charge in [0, 0.05) is 13.1 Å². The molecule has 2 heteroatoms. The molecule has 0 aromatic carbocycles. The van der Waals surface area contributed by atoms with Gasteiger partial charge in [0.2, 0.25) is 0 Å². The van der Waals surface area contributed by atoms with Gasteiger partial charge >= 0.3 is 0 Å². The van der Waals surface area contributed by atoms with E-state index in [2.05, 4.69) is 17.1 Å². The zero-order chi connectivity index (χ0) is 15.0. The summed E-state index contributed by atoms with van der Waals surface area (Å²) in [7, 11) is 0. The van der Waals surface area contributed by atoms with Crippen molar-refractivity contribution in [2.75, 3.05) is 32.7 Å². The van der Waals surface area contributed by atoms with Gasteiger partial charge in [0.05, 0.1) is 0 Å². The highest BCUT2D eigenvalue weighted by atomic mass is 15.1. The lowest BCUT2D eigenvalue weighted by Crippen LogP contribution is -2.29. The van der Waals surface area contributed by atoms with Gasteiger partial charge in [-0.15, -0.1) is 0 Å². The summed E-state index contributed by atoms with van der Waals surface area (Å²) >= 11 is 0. The van der Waals surface area contributed by atoms with Gasteiger partial charge in [-0.2, -0.15) is 0 Å². The van der Waals surface area contributed by atoms with Crippen molar-refractivity contribution in [3.63, 3.8) is 0 Å². The Hall–Kier alpha value is -0.0800. The highest BCUT2D eigenvalue weighted by Gasteiger charge is 2.07. The maximum Gasteiger partial charge on any atom is 0.0107 e. The summed E-state index contributed by atoms with van der Waals surface area (Å²) in [5, 5.41) is 3.48. The van der Waals surface area contributed by atoms with Crippen LogP contribution in [0, 0.1) is 0 Å². The third kappa shape index (κ3) is 12.2. The Balaban J connectivity index is 1.74. The molecule has 0 aliphatic carbocycles. The number of nitrogens with zero attached hydrogens (tertiary/aromatic N) is 1. The average molecular weight is 297 g/mol. The van der Waals surface area contributed by atoms with E-state index in [1.165, 1.54) is 116 Å². The van der Waals surface area contributed by atoms with Gasteiger partial charge in [0.15, 0.2) is 0 Å². The van der Waals surface area contributed by atoms with Crippen LogP contribution < -0.4 is 5.32 Å². The van der Waals surface area contributed by atoms with E-state index in [9.17, 15) is 0 Å². The van der Waals surface area contributed by atoms with Crippen LogP contribution in [-0.2, 0) is 0 Å². The molecule has 1 heterocycles. The molecule has 0 atom stereocenters. The fourth-order valence-corrected chi connectivity index (χ4v) is 3.30. The van der Waals surface area contributed by atoms with E-state index in [1.807, 2.05) is 0 Å². The first kappa shape index (κ1) is 19.0. The molecule has 0 bridgehead atoms. The summed E-state index contributed by atoms with van der Waals surface area (Å²) in [5.41, 5.74) is 0. The molecule has 0 aromatic heterocycles. The lowest BCUT2D eigenvalue weighted by Gasteiger charge is -2.18. The molecule has 0 spiro atoms. The molecule has 0 aromatic rings. The van der Waals surface area contributed by atoms with Crippen molar-refractivity contribution < 1.29 is 0 Å². The predicted octanol–water partition coefficient (Wildman–Crippen LogP) is 4.98. The van der Waals surface area contributed by atoms with Crippen molar-refractivity contribution in [2.45, 2.75) is 90.4 Å². The highest BCUT2D eigenvalue weighted by molar-refractivity contribution is 4.65. The second-order valence-corrected chi connectivity index (χ2v) is 6.83. The average Bonchev–Trinajstić information content (AvgIpc) is 2.77. The topological polar surface area (TPSA) is 15.3 Å². The van der Waals surface area contributed by atoms with Crippen LogP contribution in [0.15, 0.2) is 0 Å². The minimum absolute atomic E-state index is 1.19. The van der Waals surface area contributed by atoms with E-state index in [1.54, 1.807) is 0 Å². The number of rotatable bonds is 13. The molecule has 1 N–H and O–H groups in total. The molecule has 1 fully saturated rings. The first-order valence-electron chi connectivity index (χ1n) is 9.86. The molecule has 126 valence electrons. The fourth-order valence-electron chi connectivity index (χ4n) is 3.30. The van der Waals surface area contributed by atoms with Gasteiger partial charge in [-0.3, -0.25) is 0 Å². The van der Waals surface area contributed by atoms with Crippen LogP contribution in [-0.4, -0.2) is 37.6 Å². The molecule has 1 aliphatic heterocycles. The van der Waals surface area contributed by atoms with Crippen molar-refractivity contribution in [3.8, 4) is 0 Å². The maximum absolute atomic E-state index is 3.48. The van der Waals surface area contributed by atoms with E-state index < -0.39 is 0 Å². The van der Waals surface area contributed by atoms with Crippen LogP contribution in [0.2, 0.25) is 0 Å². The van der Waals surface area contributed by atoms with E-state index in [0.717, 1.165) is 0 Å². The van der Waals surface area contributed by atoms with E-state index >= 15 is 0 Å². The standard InChI is InChI=1S/C19H40N2/c1-2-3-4-5-6-7-8-9-10-11-12-13-17-21-18-14-15-20-16-19-21/h20H,2-19H2,1H3. The second kappa shape index (κ2) is 14.8. The first-order chi connectivity index (χ1) is 10.4. The minimum Gasteiger partial charge on any atom is -0.315 e. The van der Waals surface area contributed by atoms with Gasteiger partial charge in [-0.05, 0) is 32.5 Å². The van der Waals surface area contributed by atoms with E-state index in [0.29, 0.717) is 0 Å². The minimum atomic E-state index is 1.19. The smallest absolute Gasteiger partial charge is 0.0107 e. The molecule has 0 radical (unpaired) electrons. The zero-order valence-electron chi connectivity index (χ0n) is 14.7. The van der Waals surface area contributed by atoms with E-state index in [4.69, 9.17) is 0 Å². The molecule has 0 unspecified atom stereocenters. The normalized spacial score (nSPS) is 17.0. The third-order valence-electron chi connectivity index (χ3n) is 4.76. The summed E-state index contributed by atoms with van der Waals surface area (Å²) in [6.07, 6.45) is 18.8. The van der Waals surface area contributed by atoms with Crippen molar-refractivity contribution in [1.29, 1.82) is 0 Å². The largest absolute Gasteiger partial charge is 0.315 e. The summed E-state index contributed by atoms with van der Waals surface area (Å²) in [6.45, 7) is 8.61. The number of hydrogen-bond donors (Lipinski definition) is 1. The zero-order valence-corrected chi connectivity index (χ0v) is 14.7. The van der Waals surface area contributed by atoms with Gasteiger partial charge in [-0.25, -0.2) is 0 Å². The predicted molar refractivity (Wildman–Crippen MR) is 95.0 cm³/mol. The molecular formula is C19H40N2. The monoisotopic (exact) mass is 296 g/mol. The quantitative estimate of drug-likeness (QED) is 0.482. The van der Waals surface area contributed by atoms with Gasteiger partial charge in [0.1, 0.15) is 0 Å². The first-order valence-corrected chi connectivity index (χ1v) is 9.86. The molecule has 0 saturated carbocycles. The van der Waals surface area contributed by atoms with E-state index in [-0.39, 0.29) is 0 Å². The van der Waals surface area contributed by atoms with Crippen LogP contribution >= 0.6 is 0 Å². The second-order valence-electron chi connectivity index (χ2n) is 6.83. The molecular weight excluding hydrogens is 256 g/mol. The summed E-state index contributed by atoms with van der Waals surface area (Å²) in [4.78, 5) is 2.65. The number of unbranched alkanes of at least 4 members (excludes halogenated alkanes) is 11. The van der Waals surface area contributed by atoms with Crippen LogP contribution in [0.4, 0.5) is 0 Å². The Labute approximate surface area is 134 Å². The Morgan fingerprint density at radius 3 is 1.86 bits per heavy atom. The fraction of sp³-hybridized carbons (Fsp3) is 1.00. The molecule has 2 nitrogen and oxygen atoms in total.